The molecule has 19 heavy (non-hydrogen) atoms. The third-order valence-corrected chi connectivity index (χ3v) is 3.37. The molecule has 3 N–H and O–H groups in total. The Morgan fingerprint density at radius 3 is 3.11 bits per heavy atom. The smallest absolute Gasteiger partial charge is 0.246 e. The Morgan fingerprint density at radius 2 is 2.32 bits per heavy atom. The molecule has 1 aromatic carbocycles. The Bertz CT molecular complexity index is 732. The van der Waals surface area contributed by atoms with E-state index in [1.165, 1.54) is 16.0 Å². The SMILES string of the molecule is Nc1ccn(CC(=O)Nc2ccc3ncsc3c2)n1. The fourth-order valence-corrected chi connectivity index (χ4v) is 2.46. The highest BCUT2D eigenvalue weighted by Crippen LogP contribution is 2.21. The molecule has 1 amide bonds. The molecule has 0 fully saturated rings. The first-order valence-corrected chi connectivity index (χ1v) is 6.51. The highest BCUT2D eigenvalue weighted by molar-refractivity contribution is 7.16. The Morgan fingerprint density at radius 1 is 1.42 bits per heavy atom. The maximum absolute atomic E-state index is 11.8. The first-order valence-electron chi connectivity index (χ1n) is 5.63. The first-order chi connectivity index (χ1) is 9.20. The van der Waals surface area contributed by atoms with Crippen LogP contribution in [0.25, 0.3) is 10.2 Å². The van der Waals surface area contributed by atoms with E-state index in [9.17, 15) is 4.79 Å². The van der Waals surface area contributed by atoms with Crippen LogP contribution in [0.15, 0.2) is 36.0 Å². The van der Waals surface area contributed by atoms with Gasteiger partial charge in [-0.25, -0.2) is 4.98 Å². The molecular formula is C12H11N5OS. The Kier molecular flexibility index (Phi) is 2.88. The third kappa shape index (κ3) is 2.55. The standard InChI is InChI=1S/C12H11N5OS/c13-11-3-4-17(16-11)6-12(18)15-8-1-2-9-10(5-8)19-7-14-9/h1-5,7H,6H2,(H2,13,16)(H,15,18). The maximum atomic E-state index is 11.8. The quantitative estimate of drug-likeness (QED) is 0.760. The fraction of sp³-hybridized carbons (Fsp3) is 0.0833. The van der Waals surface area contributed by atoms with Crippen LogP contribution in [0.1, 0.15) is 0 Å². The zero-order chi connectivity index (χ0) is 13.2. The van der Waals surface area contributed by atoms with Crippen LogP contribution in [0.5, 0.6) is 0 Å². The van der Waals surface area contributed by atoms with Crippen molar-refractivity contribution in [2.75, 3.05) is 11.1 Å². The van der Waals surface area contributed by atoms with E-state index in [0.717, 1.165) is 15.9 Å². The van der Waals surface area contributed by atoms with Crippen molar-refractivity contribution in [2.45, 2.75) is 6.54 Å². The van der Waals surface area contributed by atoms with Crippen LogP contribution in [0, 0.1) is 0 Å². The Balaban J connectivity index is 1.71. The molecule has 7 heteroatoms. The number of rotatable bonds is 3. The lowest BCUT2D eigenvalue weighted by Crippen LogP contribution is -2.19. The van der Waals surface area contributed by atoms with Crippen molar-refractivity contribution in [1.82, 2.24) is 14.8 Å². The Labute approximate surface area is 112 Å². The van der Waals surface area contributed by atoms with Gasteiger partial charge in [0.25, 0.3) is 0 Å². The molecule has 6 nitrogen and oxygen atoms in total. The van der Waals surface area contributed by atoms with E-state index >= 15 is 0 Å². The van der Waals surface area contributed by atoms with Crippen LogP contribution in [0.2, 0.25) is 0 Å². The summed E-state index contributed by atoms with van der Waals surface area (Å²) in [6, 6.07) is 7.27. The number of hydrogen-bond acceptors (Lipinski definition) is 5. The molecule has 3 aromatic rings. The number of anilines is 2. The second-order valence-electron chi connectivity index (χ2n) is 4.02. The van der Waals surface area contributed by atoms with Gasteiger partial charge in [0.1, 0.15) is 12.4 Å². The monoisotopic (exact) mass is 273 g/mol. The number of hydrogen-bond donors (Lipinski definition) is 2. The number of carbonyl (C=O) groups excluding carboxylic acids is 1. The minimum atomic E-state index is -0.146. The molecule has 0 aliphatic rings. The zero-order valence-corrected chi connectivity index (χ0v) is 10.7. The number of nitrogen functional groups attached to an aromatic ring is 1. The van der Waals surface area contributed by atoms with Gasteiger partial charge in [0.05, 0.1) is 15.7 Å². The lowest BCUT2D eigenvalue weighted by Gasteiger charge is -2.05. The molecular weight excluding hydrogens is 262 g/mol. The average Bonchev–Trinajstić information content (AvgIpc) is 2.97. The highest BCUT2D eigenvalue weighted by Gasteiger charge is 2.06. The molecule has 0 aliphatic heterocycles. The van der Waals surface area contributed by atoms with Crippen LogP contribution in [0.4, 0.5) is 11.5 Å². The molecule has 0 atom stereocenters. The van der Waals surface area contributed by atoms with E-state index in [0.29, 0.717) is 5.82 Å². The number of nitrogens with zero attached hydrogens (tertiary/aromatic N) is 3. The van der Waals surface area contributed by atoms with Crippen LogP contribution in [0.3, 0.4) is 0 Å². The number of carbonyl (C=O) groups is 1. The van der Waals surface area contributed by atoms with Gasteiger partial charge in [-0.2, -0.15) is 5.10 Å². The first kappa shape index (κ1) is 11.7. The predicted octanol–water partition coefficient (Wildman–Crippen LogP) is 1.71. The van der Waals surface area contributed by atoms with Gasteiger partial charge in [-0.05, 0) is 24.3 Å². The van der Waals surface area contributed by atoms with Crippen LogP contribution in [-0.2, 0) is 11.3 Å². The highest BCUT2D eigenvalue weighted by atomic mass is 32.1. The topological polar surface area (TPSA) is 85.8 Å². The van der Waals surface area contributed by atoms with Gasteiger partial charge in [0.15, 0.2) is 0 Å². The number of benzene rings is 1. The van der Waals surface area contributed by atoms with E-state index < -0.39 is 0 Å². The lowest BCUT2D eigenvalue weighted by molar-refractivity contribution is -0.116. The van der Waals surface area contributed by atoms with Crippen molar-refractivity contribution >= 4 is 39.0 Å². The summed E-state index contributed by atoms with van der Waals surface area (Å²) >= 11 is 1.54. The molecule has 0 spiro atoms. The number of fused-ring (bicyclic) bond motifs is 1. The number of nitrogens with two attached hydrogens (primary N) is 1. The molecule has 0 bridgehead atoms. The van der Waals surface area contributed by atoms with Gasteiger partial charge in [-0.15, -0.1) is 11.3 Å². The summed E-state index contributed by atoms with van der Waals surface area (Å²) in [5.41, 5.74) is 8.95. The summed E-state index contributed by atoms with van der Waals surface area (Å²) in [5, 5.41) is 6.78. The van der Waals surface area contributed by atoms with Gasteiger partial charge in [-0.1, -0.05) is 0 Å². The van der Waals surface area contributed by atoms with E-state index in [1.54, 1.807) is 17.8 Å². The second kappa shape index (κ2) is 4.69. The van der Waals surface area contributed by atoms with Crippen LogP contribution in [-0.4, -0.2) is 20.7 Å². The minimum Gasteiger partial charge on any atom is -0.382 e. The summed E-state index contributed by atoms with van der Waals surface area (Å²) in [7, 11) is 0. The van der Waals surface area contributed by atoms with Crippen LogP contribution < -0.4 is 11.1 Å². The number of nitrogens with one attached hydrogen (secondary N) is 1. The van der Waals surface area contributed by atoms with E-state index in [4.69, 9.17) is 5.73 Å². The molecule has 0 aliphatic carbocycles. The average molecular weight is 273 g/mol. The summed E-state index contributed by atoms with van der Waals surface area (Å²) in [5.74, 6) is 0.255. The lowest BCUT2D eigenvalue weighted by atomic mass is 10.3. The summed E-state index contributed by atoms with van der Waals surface area (Å²) in [6.45, 7) is 0.137. The van der Waals surface area contributed by atoms with Gasteiger partial charge < -0.3 is 11.1 Å². The van der Waals surface area contributed by atoms with Gasteiger partial charge in [0.2, 0.25) is 5.91 Å². The predicted molar refractivity (Wildman–Crippen MR) is 74.9 cm³/mol. The number of amides is 1. The van der Waals surface area contributed by atoms with Crippen molar-refractivity contribution in [3.8, 4) is 0 Å². The molecule has 0 saturated carbocycles. The van der Waals surface area contributed by atoms with Crippen molar-refractivity contribution < 1.29 is 4.79 Å². The van der Waals surface area contributed by atoms with Crippen molar-refractivity contribution in [1.29, 1.82) is 0 Å². The zero-order valence-electron chi connectivity index (χ0n) is 9.91. The van der Waals surface area contributed by atoms with E-state index in [2.05, 4.69) is 15.4 Å². The summed E-state index contributed by atoms with van der Waals surface area (Å²) in [6.07, 6.45) is 1.67. The molecule has 0 saturated heterocycles. The molecule has 2 heterocycles. The van der Waals surface area contributed by atoms with Crippen LogP contribution >= 0.6 is 11.3 Å². The number of thiazole rings is 1. The summed E-state index contributed by atoms with van der Waals surface area (Å²) in [4.78, 5) is 16.0. The fourth-order valence-electron chi connectivity index (χ4n) is 1.75. The molecule has 96 valence electrons. The van der Waals surface area contributed by atoms with Crippen molar-refractivity contribution in [2.24, 2.45) is 0 Å². The molecule has 2 aromatic heterocycles. The largest absolute Gasteiger partial charge is 0.382 e. The molecule has 3 rings (SSSR count). The number of aromatic nitrogens is 3. The third-order valence-electron chi connectivity index (χ3n) is 2.58. The normalized spacial score (nSPS) is 10.7. The minimum absolute atomic E-state index is 0.137. The second-order valence-corrected chi connectivity index (χ2v) is 4.91. The molecule has 0 unspecified atom stereocenters. The Hall–Kier alpha value is -2.41. The van der Waals surface area contributed by atoms with Gasteiger partial charge in [-0.3, -0.25) is 9.48 Å². The summed E-state index contributed by atoms with van der Waals surface area (Å²) < 4.78 is 2.54. The maximum Gasteiger partial charge on any atom is 0.246 e. The van der Waals surface area contributed by atoms with Crippen molar-refractivity contribution in [3.63, 3.8) is 0 Å². The van der Waals surface area contributed by atoms with Gasteiger partial charge >= 0.3 is 0 Å². The van der Waals surface area contributed by atoms with E-state index in [1.807, 2.05) is 18.2 Å². The molecule has 0 radical (unpaired) electrons. The van der Waals surface area contributed by atoms with Gasteiger partial charge in [0, 0.05) is 11.9 Å². The van der Waals surface area contributed by atoms with Crippen molar-refractivity contribution in [3.05, 3.63) is 36.0 Å². The van der Waals surface area contributed by atoms with E-state index in [-0.39, 0.29) is 12.5 Å².